The van der Waals surface area contributed by atoms with Crippen molar-refractivity contribution >= 4 is 34.4 Å². The van der Waals surface area contributed by atoms with Gasteiger partial charge in [-0.2, -0.15) is 0 Å². The molecule has 2 N–H and O–H groups in total. The van der Waals surface area contributed by atoms with Crippen molar-refractivity contribution in [3.8, 4) is 0 Å². The number of carbonyl (C=O) groups is 2. The van der Waals surface area contributed by atoms with E-state index in [1.807, 2.05) is 85.8 Å². The summed E-state index contributed by atoms with van der Waals surface area (Å²) in [5.41, 5.74) is 5.52. The van der Waals surface area contributed by atoms with Gasteiger partial charge in [0, 0.05) is 29.4 Å². The van der Waals surface area contributed by atoms with E-state index in [2.05, 4.69) is 15.2 Å². The number of nitrogens with one attached hydrogen (secondary N) is 2. The van der Waals surface area contributed by atoms with Gasteiger partial charge in [-0.05, 0) is 36.8 Å². The average molecular weight is 422 g/mol. The van der Waals surface area contributed by atoms with Gasteiger partial charge in [0.15, 0.2) is 5.78 Å². The van der Waals surface area contributed by atoms with Crippen LogP contribution in [0.1, 0.15) is 35.8 Å². The molecule has 5 rings (SSSR count). The van der Waals surface area contributed by atoms with Gasteiger partial charge in [0.05, 0.1) is 17.1 Å². The lowest BCUT2D eigenvalue weighted by Gasteiger charge is -2.31. The molecule has 1 atom stereocenters. The third-order valence-electron chi connectivity index (χ3n) is 5.66. The first-order valence-electron chi connectivity index (χ1n) is 10.4. The van der Waals surface area contributed by atoms with Gasteiger partial charge >= 0.3 is 0 Å². The summed E-state index contributed by atoms with van der Waals surface area (Å²) in [6.07, 6.45) is 0. The first-order chi connectivity index (χ1) is 15.5. The molecule has 6 heteroatoms. The summed E-state index contributed by atoms with van der Waals surface area (Å²) >= 11 is 0. The number of amides is 1. The number of nitrogens with zero attached hydrogens (tertiary/aromatic N) is 2. The maximum absolute atomic E-state index is 13.7. The molecule has 0 saturated carbocycles. The van der Waals surface area contributed by atoms with E-state index in [1.54, 1.807) is 0 Å². The molecule has 32 heavy (non-hydrogen) atoms. The Morgan fingerprint density at radius 2 is 1.62 bits per heavy atom. The molecule has 0 radical (unpaired) electrons. The van der Waals surface area contributed by atoms with Crippen molar-refractivity contribution in [2.75, 3.05) is 10.6 Å². The highest BCUT2D eigenvalue weighted by Crippen LogP contribution is 2.40. The lowest BCUT2D eigenvalue weighted by molar-refractivity contribution is -0.114. The molecule has 1 aliphatic heterocycles. The van der Waals surface area contributed by atoms with E-state index in [0.29, 0.717) is 22.8 Å². The summed E-state index contributed by atoms with van der Waals surface area (Å²) in [6, 6.07) is 24.5. The summed E-state index contributed by atoms with van der Waals surface area (Å²) in [5.74, 6) is 0.539. The smallest absolute Gasteiger partial charge is 0.221 e. The van der Waals surface area contributed by atoms with E-state index < -0.39 is 0 Å². The zero-order chi connectivity index (χ0) is 22.2. The van der Waals surface area contributed by atoms with Crippen LogP contribution in [0.2, 0.25) is 0 Å². The molecule has 4 aromatic rings. The Balaban J connectivity index is 1.70. The number of ketones is 1. The topological polar surface area (TPSA) is 76.0 Å². The molecule has 1 aromatic heterocycles. The number of allylic oxidation sites excluding steroid dienone is 2. The van der Waals surface area contributed by atoms with Crippen LogP contribution in [0.3, 0.4) is 0 Å². The molecule has 158 valence electrons. The summed E-state index contributed by atoms with van der Waals surface area (Å²) in [5, 5.41) is 6.14. The Bertz CT molecular complexity index is 1370. The van der Waals surface area contributed by atoms with Gasteiger partial charge in [-0.1, -0.05) is 54.6 Å². The number of benzene rings is 3. The van der Waals surface area contributed by atoms with Crippen LogP contribution in [0, 0.1) is 0 Å². The standard InChI is InChI=1S/C26H22N4O2/c1-16-23(25(32)19-8-4-3-5-9-19)24(18-12-14-20(15-13-18)28-17(2)31)30-22-11-7-6-10-21(22)29-26(30)27-16/h3-15,24H,1-2H3,(H,27,29)(H,28,31). The number of fused-ring (bicyclic) bond motifs is 3. The first-order valence-corrected chi connectivity index (χ1v) is 10.4. The number of Topliss-reactive ketones (excluding diaryl/α,β-unsaturated/α-hetero) is 1. The van der Waals surface area contributed by atoms with Crippen molar-refractivity contribution in [1.82, 2.24) is 9.55 Å². The number of imidazole rings is 1. The van der Waals surface area contributed by atoms with Crippen LogP contribution < -0.4 is 10.6 Å². The van der Waals surface area contributed by atoms with Crippen LogP contribution in [-0.4, -0.2) is 21.2 Å². The Morgan fingerprint density at radius 3 is 2.34 bits per heavy atom. The third kappa shape index (κ3) is 3.36. The lowest BCUT2D eigenvalue weighted by Crippen LogP contribution is -2.28. The summed E-state index contributed by atoms with van der Waals surface area (Å²) in [4.78, 5) is 29.9. The number of hydrogen-bond acceptors (Lipinski definition) is 4. The Kier molecular flexibility index (Phi) is 4.82. The van der Waals surface area contributed by atoms with E-state index in [4.69, 9.17) is 4.98 Å². The van der Waals surface area contributed by atoms with E-state index in [-0.39, 0.29) is 17.7 Å². The van der Waals surface area contributed by atoms with Crippen LogP contribution in [-0.2, 0) is 4.79 Å². The lowest BCUT2D eigenvalue weighted by atomic mass is 9.89. The summed E-state index contributed by atoms with van der Waals surface area (Å²) in [6.45, 7) is 3.39. The number of para-hydroxylation sites is 2. The molecule has 1 aliphatic rings. The average Bonchev–Trinajstić information content (AvgIpc) is 3.16. The molecule has 0 spiro atoms. The van der Waals surface area contributed by atoms with Crippen molar-refractivity contribution < 1.29 is 9.59 Å². The summed E-state index contributed by atoms with van der Waals surface area (Å²) < 4.78 is 2.08. The Hall–Kier alpha value is -4.19. The number of rotatable bonds is 4. The number of aromatic nitrogens is 2. The second-order valence-electron chi connectivity index (χ2n) is 7.86. The molecule has 0 bridgehead atoms. The van der Waals surface area contributed by atoms with Crippen LogP contribution in [0.25, 0.3) is 11.0 Å². The number of hydrogen-bond donors (Lipinski definition) is 2. The maximum Gasteiger partial charge on any atom is 0.221 e. The Morgan fingerprint density at radius 1 is 0.938 bits per heavy atom. The fourth-order valence-corrected chi connectivity index (χ4v) is 4.27. The van der Waals surface area contributed by atoms with Crippen LogP contribution in [0.5, 0.6) is 0 Å². The second-order valence-corrected chi connectivity index (χ2v) is 7.86. The van der Waals surface area contributed by atoms with Crippen LogP contribution in [0.4, 0.5) is 11.6 Å². The van der Waals surface area contributed by atoms with Gasteiger partial charge in [-0.3, -0.25) is 14.2 Å². The molecule has 1 unspecified atom stereocenters. The predicted molar refractivity (Wildman–Crippen MR) is 126 cm³/mol. The van der Waals surface area contributed by atoms with Gasteiger partial charge in [0.1, 0.15) is 0 Å². The third-order valence-corrected chi connectivity index (χ3v) is 5.66. The van der Waals surface area contributed by atoms with Gasteiger partial charge in [0.25, 0.3) is 0 Å². The van der Waals surface area contributed by atoms with E-state index >= 15 is 0 Å². The quantitative estimate of drug-likeness (QED) is 0.445. The molecule has 0 aliphatic carbocycles. The zero-order valence-corrected chi connectivity index (χ0v) is 17.8. The monoisotopic (exact) mass is 422 g/mol. The van der Waals surface area contributed by atoms with Crippen molar-refractivity contribution in [2.24, 2.45) is 0 Å². The Labute approximate surface area is 185 Å². The fourth-order valence-electron chi connectivity index (χ4n) is 4.27. The first kappa shape index (κ1) is 19.8. The molecule has 3 aromatic carbocycles. The maximum atomic E-state index is 13.7. The summed E-state index contributed by atoms with van der Waals surface area (Å²) in [7, 11) is 0. The zero-order valence-electron chi connectivity index (χ0n) is 17.8. The normalized spacial score (nSPS) is 15.2. The molecule has 6 nitrogen and oxygen atoms in total. The highest BCUT2D eigenvalue weighted by molar-refractivity contribution is 6.11. The SMILES string of the molecule is CC(=O)Nc1ccc(C2C(C(=O)c3ccccc3)=C(C)Nc3nc4ccccc4n32)cc1. The van der Waals surface area contributed by atoms with E-state index in [0.717, 1.165) is 22.3 Å². The fraction of sp³-hybridized carbons (Fsp3) is 0.115. The minimum absolute atomic E-state index is 0.0324. The molecule has 0 fully saturated rings. The van der Waals surface area contributed by atoms with Crippen molar-refractivity contribution in [1.29, 1.82) is 0 Å². The highest BCUT2D eigenvalue weighted by Gasteiger charge is 2.34. The van der Waals surface area contributed by atoms with Gasteiger partial charge in [-0.25, -0.2) is 4.98 Å². The number of anilines is 2. The second kappa shape index (κ2) is 7.81. The minimum atomic E-state index is -0.363. The molecular formula is C26H22N4O2. The van der Waals surface area contributed by atoms with Crippen LogP contribution in [0.15, 0.2) is 90.1 Å². The molecular weight excluding hydrogens is 400 g/mol. The van der Waals surface area contributed by atoms with Crippen molar-refractivity contribution in [3.05, 3.63) is 101 Å². The highest BCUT2D eigenvalue weighted by atomic mass is 16.1. The van der Waals surface area contributed by atoms with Gasteiger partial charge in [-0.15, -0.1) is 0 Å². The van der Waals surface area contributed by atoms with E-state index in [9.17, 15) is 9.59 Å². The van der Waals surface area contributed by atoms with Crippen molar-refractivity contribution in [2.45, 2.75) is 19.9 Å². The van der Waals surface area contributed by atoms with Gasteiger partial charge < -0.3 is 10.6 Å². The largest absolute Gasteiger partial charge is 0.329 e. The molecule has 0 saturated heterocycles. The number of carbonyl (C=O) groups excluding carboxylic acids is 2. The van der Waals surface area contributed by atoms with Gasteiger partial charge in [0.2, 0.25) is 11.9 Å². The molecule has 2 heterocycles. The van der Waals surface area contributed by atoms with E-state index in [1.165, 1.54) is 6.92 Å². The molecule has 1 amide bonds. The minimum Gasteiger partial charge on any atom is -0.329 e. The van der Waals surface area contributed by atoms with Crippen LogP contribution >= 0.6 is 0 Å². The van der Waals surface area contributed by atoms with Crippen molar-refractivity contribution in [3.63, 3.8) is 0 Å². The predicted octanol–water partition coefficient (Wildman–Crippen LogP) is 5.17.